The van der Waals surface area contributed by atoms with Crippen LogP contribution in [0.2, 0.25) is 0 Å². The van der Waals surface area contributed by atoms with Gasteiger partial charge in [0.15, 0.2) is 0 Å². The van der Waals surface area contributed by atoms with Crippen LogP contribution < -0.4 is 10.6 Å². The van der Waals surface area contributed by atoms with E-state index in [1.54, 1.807) is 6.20 Å². The van der Waals surface area contributed by atoms with E-state index in [9.17, 15) is 0 Å². The molecule has 0 radical (unpaired) electrons. The number of thioether (sulfide) groups is 1. The summed E-state index contributed by atoms with van der Waals surface area (Å²) in [6, 6.07) is 3.96. The van der Waals surface area contributed by atoms with E-state index in [0.29, 0.717) is 9.74 Å². The van der Waals surface area contributed by atoms with E-state index in [2.05, 4.69) is 23.7 Å². The second-order valence-corrected chi connectivity index (χ2v) is 7.36. The van der Waals surface area contributed by atoms with Crippen molar-refractivity contribution < 1.29 is 0 Å². The molecule has 3 nitrogen and oxygen atoms in total. The second-order valence-electron chi connectivity index (χ2n) is 5.11. The predicted octanol–water partition coefficient (Wildman–Crippen LogP) is 2.44. The molecular weight excluding hydrogens is 262 g/mol. The van der Waals surface area contributed by atoms with E-state index in [1.807, 2.05) is 23.9 Å². The summed E-state index contributed by atoms with van der Waals surface area (Å²) in [5.74, 6) is 2.17. The van der Waals surface area contributed by atoms with Crippen LogP contribution in [0.5, 0.6) is 0 Å². The smallest absolute Gasteiger partial charge is 0.128 e. The molecular formula is C13H19N3S2. The first-order chi connectivity index (χ1) is 8.48. The molecule has 1 aromatic heterocycles. The van der Waals surface area contributed by atoms with Gasteiger partial charge in [0.2, 0.25) is 0 Å². The maximum absolute atomic E-state index is 5.58. The number of thiocarbonyl (C=S) groups is 1. The molecule has 2 N–H and O–H groups in total. The van der Waals surface area contributed by atoms with Crippen LogP contribution in [0.25, 0.3) is 0 Å². The number of aromatic nitrogens is 1. The largest absolute Gasteiger partial charge is 0.389 e. The van der Waals surface area contributed by atoms with Gasteiger partial charge in [0.1, 0.15) is 10.8 Å². The van der Waals surface area contributed by atoms with Crippen molar-refractivity contribution >= 4 is 34.8 Å². The van der Waals surface area contributed by atoms with Gasteiger partial charge >= 0.3 is 0 Å². The maximum atomic E-state index is 5.58. The Labute approximate surface area is 118 Å². The SMILES string of the molecule is CC1(C)CCN(c2ccc(C(N)=S)cn2)CCS1. The fourth-order valence-corrected chi connectivity index (χ4v) is 3.19. The summed E-state index contributed by atoms with van der Waals surface area (Å²) in [6.07, 6.45) is 2.94. The van der Waals surface area contributed by atoms with Crippen molar-refractivity contribution in [2.75, 3.05) is 23.7 Å². The molecule has 0 atom stereocenters. The molecule has 0 spiro atoms. The Kier molecular flexibility index (Phi) is 4.12. The van der Waals surface area contributed by atoms with Crippen LogP contribution in [-0.2, 0) is 0 Å². The van der Waals surface area contributed by atoms with Crippen LogP contribution in [0.15, 0.2) is 18.3 Å². The van der Waals surface area contributed by atoms with E-state index in [0.717, 1.165) is 30.2 Å². The van der Waals surface area contributed by atoms with Gasteiger partial charge in [-0.1, -0.05) is 26.1 Å². The molecule has 1 aromatic rings. The van der Waals surface area contributed by atoms with E-state index in [4.69, 9.17) is 18.0 Å². The van der Waals surface area contributed by atoms with Gasteiger partial charge in [0.05, 0.1) is 0 Å². The third-order valence-electron chi connectivity index (χ3n) is 3.19. The van der Waals surface area contributed by atoms with Crippen LogP contribution in [0, 0.1) is 0 Å². The first kappa shape index (κ1) is 13.6. The summed E-state index contributed by atoms with van der Waals surface area (Å²) < 4.78 is 0.369. The normalized spacial score (nSPS) is 19.3. The van der Waals surface area contributed by atoms with Gasteiger partial charge in [0.25, 0.3) is 0 Å². The van der Waals surface area contributed by atoms with Gasteiger partial charge in [0, 0.05) is 35.3 Å². The molecule has 0 amide bonds. The molecule has 2 heterocycles. The van der Waals surface area contributed by atoms with Crippen LogP contribution in [-0.4, -0.2) is 33.6 Å². The Morgan fingerprint density at radius 2 is 2.22 bits per heavy atom. The third-order valence-corrected chi connectivity index (χ3v) is 4.80. The molecule has 98 valence electrons. The first-order valence-corrected chi connectivity index (χ1v) is 7.52. The van der Waals surface area contributed by atoms with Crippen LogP contribution in [0.3, 0.4) is 0 Å². The lowest BCUT2D eigenvalue weighted by molar-refractivity contribution is 0.635. The van der Waals surface area contributed by atoms with Gasteiger partial charge in [-0.25, -0.2) is 4.98 Å². The molecule has 0 bridgehead atoms. The number of rotatable bonds is 2. The van der Waals surface area contributed by atoms with E-state index >= 15 is 0 Å². The predicted molar refractivity (Wildman–Crippen MR) is 83.5 cm³/mol. The number of pyridine rings is 1. The van der Waals surface area contributed by atoms with Gasteiger partial charge in [-0.2, -0.15) is 11.8 Å². The highest BCUT2D eigenvalue weighted by atomic mass is 32.2. The van der Waals surface area contributed by atoms with Crippen molar-refractivity contribution in [3.63, 3.8) is 0 Å². The zero-order chi connectivity index (χ0) is 13.2. The quantitative estimate of drug-likeness (QED) is 0.843. The number of hydrogen-bond acceptors (Lipinski definition) is 4. The molecule has 1 saturated heterocycles. The van der Waals surface area contributed by atoms with Crippen molar-refractivity contribution in [1.29, 1.82) is 0 Å². The molecule has 1 aliphatic rings. The zero-order valence-electron chi connectivity index (χ0n) is 10.8. The van der Waals surface area contributed by atoms with Gasteiger partial charge in [-0.05, 0) is 18.6 Å². The van der Waals surface area contributed by atoms with Gasteiger partial charge in [-0.3, -0.25) is 0 Å². The number of nitrogens with two attached hydrogens (primary N) is 1. The summed E-state index contributed by atoms with van der Waals surface area (Å²) in [5.41, 5.74) is 6.41. The zero-order valence-corrected chi connectivity index (χ0v) is 12.5. The molecule has 1 fully saturated rings. The summed E-state index contributed by atoms with van der Waals surface area (Å²) in [4.78, 5) is 7.20. The van der Waals surface area contributed by atoms with E-state index in [1.165, 1.54) is 6.42 Å². The van der Waals surface area contributed by atoms with Crippen molar-refractivity contribution in [2.24, 2.45) is 5.73 Å². The third kappa shape index (κ3) is 3.36. The van der Waals surface area contributed by atoms with Crippen LogP contribution >= 0.6 is 24.0 Å². The maximum Gasteiger partial charge on any atom is 0.128 e. The lowest BCUT2D eigenvalue weighted by Crippen LogP contribution is -2.27. The molecule has 18 heavy (non-hydrogen) atoms. The Balaban J connectivity index is 2.09. The lowest BCUT2D eigenvalue weighted by atomic mass is 10.1. The highest BCUT2D eigenvalue weighted by molar-refractivity contribution is 8.00. The highest BCUT2D eigenvalue weighted by Crippen LogP contribution is 2.31. The van der Waals surface area contributed by atoms with Crippen LogP contribution in [0.1, 0.15) is 25.8 Å². The molecule has 0 unspecified atom stereocenters. The summed E-state index contributed by atoms with van der Waals surface area (Å²) in [5, 5.41) is 0. The fraction of sp³-hybridized carbons (Fsp3) is 0.538. The van der Waals surface area contributed by atoms with Crippen molar-refractivity contribution in [2.45, 2.75) is 25.0 Å². The first-order valence-electron chi connectivity index (χ1n) is 6.13. The van der Waals surface area contributed by atoms with Crippen LogP contribution in [0.4, 0.5) is 5.82 Å². The summed E-state index contributed by atoms with van der Waals surface area (Å²) >= 11 is 6.97. The molecule has 2 rings (SSSR count). The Morgan fingerprint density at radius 3 is 2.83 bits per heavy atom. The average Bonchev–Trinajstić information content (AvgIpc) is 2.50. The van der Waals surface area contributed by atoms with Crippen molar-refractivity contribution in [3.8, 4) is 0 Å². The van der Waals surface area contributed by atoms with Gasteiger partial charge in [-0.15, -0.1) is 0 Å². The minimum atomic E-state index is 0.369. The number of hydrogen-bond donors (Lipinski definition) is 1. The molecule has 0 aromatic carbocycles. The number of nitrogens with zero attached hydrogens (tertiary/aromatic N) is 2. The molecule has 0 saturated carbocycles. The van der Waals surface area contributed by atoms with Crippen molar-refractivity contribution in [1.82, 2.24) is 4.98 Å². The standard InChI is InChI=1S/C13H19N3S2/c1-13(2)5-6-16(7-8-18-13)11-4-3-10(9-15-11)12(14)17/h3-4,9H,5-8H2,1-2H3,(H2,14,17). The Morgan fingerprint density at radius 1 is 1.44 bits per heavy atom. The lowest BCUT2D eigenvalue weighted by Gasteiger charge is -2.23. The van der Waals surface area contributed by atoms with E-state index in [-0.39, 0.29) is 0 Å². The topological polar surface area (TPSA) is 42.1 Å². The average molecular weight is 281 g/mol. The molecule has 0 aliphatic carbocycles. The van der Waals surface area contributed by atoms with E-state index < -0.39 is 0 Å². The minimum Gasteiger partial charge on any atom is -0.389 e. The molecule has 1 aliphatic heterocycles. The summed E-state index contributed by atoms with van der Waals surface area (Å²) in [6.45, 7) is 6.72. The summed E-state index contributed by atoms with van der Waals surface area (Å²) in [7, 11) is 0. The highest BCUT2D eigenvalue weighted by Gasteiger charge is 2.24. The minimum absolute atomic E-state index is 0.369. The molecule has 5 heteroatoms. The monoisotopic (exact) mass is 281 g/mol. The Bertz CT molecular complexity index is 428. The van der Waals surface area contributed by atoms with Gasteiger partial charge < -0.3 is 10.6 Å². The Hall–Kier alpha value is -0.810. The second kappa shape index (κ2) is 5.45. The van der Waals surface area contributed by atoms with Crippen molar-refractivity contribution in [3.05, 3.63) is 23.9 Å². The fourth-order valence-electron chi connectivity index (χ4n) is 1.97. The number of anilines is 1.